The molecule has 4 aromatic rings. The first-order valence-corrected chi connectivity index (χ1v) is 10.4. The Morgan fingerprint density at radius 2 is 1.54 bits per heavy atom. The van der Waals surface area contributed by atoms with Gasteiger partial charge >= 0.3 is 7.12 Å². The van der Waals surface area contributed by atoms with Crippen LogP contribution in [0, 0.1) is 0 Å². The molecule has 0 radical (unpaired) electrons. The molecule has 5 rings (SSSR count). The van der Waals surface area contributed by atoms with Crippen LogP contribution in [-0.4, -0.2) is 23.3 Å². The fraction of sp³-hybridized carbons (Fsp3) is 0.261. The van der Waals surface area contributed by atoms with E-state index in [-0.39, 0.29) is 11.2 Å². The summed E-state index contributed by atoms with van der Waals surface area (Å²) in [5.41, 5.74) is 2.26. The summed E-state index contributed by atoms with van der Waals surface area (Å²) in [6.45, 7) is 8.32. The SMILES string of the molecule is CC1(C)OB(c2cccnc2-c2cccc3sc4ccccc4c23)OC1(C)C. The van der Waals surface area contributed by atoms with E-state index in [2.05, 4.69) is 76.2 Å². The first kappa shape index (κ1) is 17.9. The van der Waals surface area contributed by atoms with E-state index in [1.54, 1.807) is 0 Å². The molecular formula is C23H22BNO2S. The first-order chi connectivity index (χ1) is 13.4. The zero-order chi connectivity index (χ0) is 19.5. The van der Waals surface area contributed by atoms with Crippen LogP contribution in [0.15, 0.2) is 60.8 Å². The Morgan fingerprint density at radius 3 is 2.32 bits per heavy atom. The van der Waals surface area contributed by atoms with E-state index < -0.39 is 7.12 Å². The Morgan fingerprint density at radius 1 is 0.821 bits per heavy atom. The van der Waals surface area contributed by atoms with Gasteiger partial charge in [0.25, 0.3) is 0 Å². The fourth-order valence-corrected chi connectivity index (χ4v) is 4.91. The zero-order valence-corrected chi connectivity index (χ0v) is 17.3. The summed E-state index contributed by atoms with van der Waals surface area (Å²) in [5, 5.41) is 2.52. The van der Waals surface area contributed by atoms with E-state index in [9.17, 15) is 0 Å². The second-order valence-corrected chi connectivity index (χ2v) is 9.39. The molecule has 0 amide bonds. The third-order valence-corrected chi connectivity index (χ3v) is 7.14. The zero-order valence-electron chi connectivity index (χ0n) is 16.5. The number of aromatic nitrogens is 1. The van der Waals surface area contributed by atoms with Crippen LogP contribution in [-0.2, 0) is 9.31 Å². The minimum atomic E-state index is -0.436. The third-order valence-electron chi connectivity index (χ3n) is 6.00. The molecule has 3 heterocycles. The van der Waals surface area contributed by atoms with Crippen molar-refractivity contribution >= 4 is 44.1 Å². The number of pyridine rings is 1. The van der Waals surface area contributed by atoms with E-state index in [1.165, 1.54) is 20.2 Å². The molecule has 0 unspecified atom stereocenters. The highest BCUT2D eigenvalue weighted by atomic mass is 32.1. The van der Waals surface area contributed by atoms with Crippen LogP contribution in [0.25, 0.3) is 31.4 Å². The number of fused-ring (bicyclic) bond motifs is 3. The molecule has 0 N–H and O–H groups in total. The Labute approximate surface area is 169 Å². The Bertz CT molecular complexity index is 1180. The summed E-state index contributed by atoms with van der Waals surface area (Å²) in [7, 11) is -0.436. The van der Waals surface area contributed by atoms with Gasteiger partial charge < -0.3 is 9.31 Å². The second-order valence-electron chi connectivity index (χ2n) is 8.31. The average Bonchev–Trinajstić information content (AvgIpc) is 3.15. The van der Waals surface area contributed by atoms with Crippen molar-refractivity contribution in [1.29, 1.82) is 0 Å². The standard InChI is InChI=1S/C23H22BNO2S/c1-22(2)23(3,4)27-24(26-22)17-11-8-14-25-21(17)16-10-7-13-19-20(16)15-9-5-6-12-18(15)28-19/h5-14H,1-4H3. The van der Waals surface area contributed by atoms with E-state index >= 15 is 0 Å². The number of thiophene rings is 1. The Balaban J connectivity index is 1.73. The van der Waals surface area contributed by atoms with Crippen LogP contribution < -0.4 is 5.46 Å². The van der Waals surface area contributed by atoms with Gasteiger partial charge in [0.05, 0.1) is 16.9 Å². The van der Waals surface area contributed by atoms with Gasteiger partial charge in [-0.2, -0.15) is 0 Å². The number of benzene rings is 2. The first-order valence-electron chi connectivity index (χ1n) is 9.59. The number of hydrogen-bond donors (Lipinski definition) is 0. The van der Waals surface area contributed by atoms with Crippen LogP contribution in [0.1, 0.15) is 27.7 Å². The maximum atomic E-state index is 6.33. The van der Waals surface area contributed by atoms with Gasteiger partial charge in [0.2, 0.25) is 0 Å². The van der Waals surface area contributed by atoms with E-state index in [0.717, 1.165) is 16.7 Å². The highest BCUT2D eigenvalue weighted by molar-refractivity contribution is 7.25. The van der Waals surface area contributed by atoms with Gasteiger partial charge in [0.1, 0.15) is 0 Å². The predicted octanol–water partition coefficient (Wildman–Crippen LogP) is 5.42. The van der Waals surface area contributed by atoms with Crippen molar-refractivity contribution < 1.29 is 9.31 Å². The maximum Gasteiger partial charge on any atom is 0.497 e. The summed E-state index contributed by atoms with van der Waals surface area (Å²) in [6, 6.07) is 19.0. The topological polar surface area (TPSA) is 31.4 Å². The largest absolute Gasteiger partial charge is 0.497 e. The lowest BCUT2D eigenvalue weighted by Gasteiger charge is -2.32. The molecule has 1 saturated heterocycles. The van der Waals surface area contributed by atoms with Gasteiger partial charge in [-0.3, -0.25) is 4.98 Å². The average molecular weight is 387 g/mol. The van der Waals surface area contributed by atoms with Crippen LogP contribution in [0.2, 0.25) is 0 Å². The molecule has 0 aliphatic carbocycles. The predicted molar refractivity (Wildman–Crippen MR) is 118 cm³/mol. The van der Waals surface area contributed by atoms with Gasteiger partial charge in [0, 0.05) is 37.4 Å². The quantitative estimate of drug-likeness (QED) is 0.431. The number of rotatable bonds is 2. The molecule has 1 aliphatic heterocycles. The van der Waals surface area contributed by atoms with Crippen molar-refractivity contribution in [2.24, 2.45) is 0 Å². The maximum absolute atomic E-state index is 6.33. The molecule has 140 valence electrons. The monoisotopic (exact) mass is 387 g/mol. The van der Waals surface area contributed by atoms with Gasteiger partial charge in [-0.25, -0.2) is 0 Å². The highest BCUT2D eigenvalue weighted by Gasteiger charge is 2.52. The van der Waals surface area contributed by atoms with Gasteiger partial charge in [0.15, 0.2) is 0 Å². The molecule has 28 heavy (non-hydrogen) atoms. The molecular weight excluding hydrogens is 365 g/mol. The Hall–Kier alpha value is -2.21. The van der Waals surface area contributed by atoms with Crippen molar-refractivity contribution in [3.63, 3.8) is 0 Å². The summed E-state index contributed by atoms with van der Waals surface area (Å²) < 4.78 is 15.2. The highest BCUT2D eigenvalue weighted by Crippen LogP contribution is 2.40. The van der Waals surface area contributed by atoms with Gasteiger partial charge in [-0.1, -0.05) is 36.4 Å². The molecule has 3 nitrogen and oxygen atoms in total. The molecule has 2 aromatic carbocycles. The lowest BCUT2D eigenvalue weighted by molar-refractivity contribution is 0.00578. The molecule has 2 aromatic heterocycles. The van der Waals surface area contributed by atoms with Gasteiger partial charge in [-0.15, -0.1) is 11.3 Å². The second kappa shape index (κ2) is 6.15. The van der Waals surface area contributed by atoms with Crippen molar-refractivity contribution in [2.45, 2.75) is 38.9 Å². The van der Waals surface area contributed by atoms with Crippen LogP contribution in [0.4, 0.5) is 0 Å². The van der Waals surface area contributed by atoms with E-state index in [4.69, 9.17) is 14.3 Å². The lowest BCUT2D eigenvalue weighted by Crippen LogP contribution is -2.41. The van der Waals surface area contributed by atoms with E-state index in [0.29, 0.717) is 0 Å². The summed E-state index contributed by atoms with van der Waals surface area (Å²) in [5.74, 6) is 0. The van der Waals surface area contributed by atoms with Gasteiger partial charge in [-0.05, 0) is 45.9 Å². The molecule has 1 aliphatic rings. The minimum absolute atomic E-state index is 0.383. The van der Waals surface area contributed by atoms with Crippen molar-refractivity contribution in [3.8, 4) is 11.3 Å². The Kier molecular flexibility index (Phi) is 3.92. The third kappa shape index (κ3) is 2.61. The van der Waals surface area contributed by atoms with E-state index in [1.807, 2.05) is 23.6 Å². The molecule has 1 fully saturated rings. The molecule has 5 heteroatoms. The number of hydrogen-bond acceptors (Lipinski definition) is 4. The summed E-state index contributed by atoms with van der Waals surface area (Å²) >= 11 is 1.82. The molecule has 0 spiro atoms. The summed E-state index contributed by atoms with van der Waals surface area (Å²) in [4.78, 5) is 4.77. The molecule has 0 saturated carbocycles. The fourth-order valence-electron chi connectivity index (χ4n) is 3.77. The number of nitrogens with zero attached hydrogens (tertiary/aromatic N) is 1. The minimum Gasteiger partial charge on any atom is -0.399 e. The van der Waals surface area contributed by atoms with Crippen LogP contribution >= 0.6 is 11.3 Å². The summed E-state index contributed by atoms with van der Waals surface area (Å²) in [6.07, 6.45) is 1.84. The van der Waals surface area contributed by atoms with Crippen LogP contribution in [0.5, 0.6) is 0 Å². The normalized spacial score (nSPS) is 18.2. The lowest BCUT2D eigenvalue weighted by atomic mass is 9.76. The van der Waals surface area contributed by atoms with Crippen LogP contribution in [0.3, 0.4) is 0 Å². The van der Waals surface area contributed by atoms with Crippen molar-refractivity contribution in [3.05, 3.63) is 60.8 Å². The van der Waals surface area contributed by atoms with Crippen molar-refractivity contribution in [2.75, 3.05) is 0 Å². The molecule has 0 atom stereocenters. The molecule has 0 bridgehead atoms. The smallest absolute Gasteiger partial charge is 0.399 e. The van der Waals surface area contributed by atoms with Crippen molar-refractivity contribution in [1.82, 2.24) is 4.98 Å².